The van der Waals surface area contributed by atoms with Gasteiger partial charge in [0.15, 0.2) is 10.1 Å². The van der Waals surface area contributed by atoms with Crippen LogP contribution in [0, 0.1) is 11.3 Å². The molecule has 1 aliphatic carbocycles. The van der Waals surface area contributed by atoms with Gasteiger partial charge in [0.1, 0.15) is 5.82 Å². The fourth-order valence-corrected chi connectivity index (χ4v) is 7.03. The highest BCUT2D eigenvalue weighted by atomic mass is 35.5. The molecule has 0 saturated carbocycles. The standard InChI is InChI=1S/C30H27ClN6O4S2/c1-15(2)16-6-8-17(9-7-16)25-20(13-32)27(33)37(22-4-3-5-23(38)26(22)25)29-35-36-30(43-29)42-14-24(39)34-18-10-11-21(31)19(12-18)28(40)41/h6-12,15,25H,3-5,14,33H2,1-2H3,(H,34,39)(H,40,41). The van der Waals surface area contributed by atoms with E-state index >= 15 is 0 Å². The first-order valence-electron chi connectivity index (χ1n) is 13.4. The molecule has 1 amide bonds. The molecule has 2 heterocycles. The van der Waals surface area contributed by atoms with E-state index in [0.29, 0.717) is 51.6 Å². The molecule has 43 heavy (non-hydrogen) atoms. The van der Waals surface area contributed by atoms with Gasteiger partial charge in [-0.05, 0) is 48.1 Å². The maximum Gasteiger partial charge on any atom is 0.337 e. The molecule has 0 bridgehead atoms. The number of aromatic nitrogens is 2. The van der Waals surface area contributed by atoms with Gasteiger partial charge >= 0.3 is 5.97 Å². The first-order chi connectivity index (χ1) is 20.6. The molecular weight excluding hydrogens is 608 g/mol. The van der Waals surface area contributed by atoms with E-state index in [2.05, 4.69) is 35.4 Å². The largest absolute Gasteiger partial charge is 0.478 e. The third-order valence-corrected chi connectivity index (χ3v) is 9.62. The second-order valence-corrected chi connectivity index (χ2v) is 12.9. The van der Waals surface area contributed by atoms with Crippen LogP contribution in [-0.4, -0.2) is 38.7 Å². The number of benzene rings is 2. The summed E-state index contributed by atoms with van der Waals surface area (Å²) in [7, 11) is 0. The number of thioether (sulfide) groups is 1. The van der Waals surface area contributed by atoms with Crippen molar-refractivity contribution in [3.63, 3.8) is 0 Å². The van der Waals surface area contributed by atoms with E-state index in [1.807, 2.05) is 24.3 Å². The van der Waals surface area contributed by atoms with Gasteiger partial charge in [0.2, 0.25) is 11.0 Å². The van der Waals surface area contributed by atoms with Crippen molar-refractivity contribution in [1.29, 1.82) is 5.26 Å². The number of carboxylic acids is 1. The second kappa shape index (κ2) is 12.6. The van der Waals surface area contributed by atoms with E-state index in [9.17, 15) is 24.8 Å². The molecule has 4 N–H and O–H groups in total. The summed E-state index contributed by atoms with van der Waals surface area (Å²) in [6.45, 7) is 4.21. The van der Waals surface area contributed by atoms with Crippen molar-refractivity contribution in [3.05, 3.63) is 86.8 Å². The van der Waals surface area contributed by atoms with Crippen molar-refractivity contribution in [2.24, 2.45) is 5.73 Å². The topological polar surface area (TPSA) is 162 Å². The Morgan fingerprint density at radius 1 is 1.23 bits per heavy atom. The van der Waals surface area contributed by atoms with E-state index in [-0.39, 0.29) is 39.4 Å². The van der Waals surface area contributed by atoms with E-state index in [1.54, 1.807) is 4.90 Å². The minimum atomic E-state index is -1.20. The number of carbonyl (C=O) groups excluding carboxylic acids is 2. The van der Waals surface area contributed by atoms with Crippen molar-refractivity contribution in [2.75, 3.05) is 16.0 Å². The minimum absolute atomic E-state index is 0.0185. The third-order valence-electron chi connectivity index (χ3n) is 7.24. The average Bonchev–Trinajstić information content (AvgIpc) is 3.45. The van der Waals surface area contributed by atoms with Crippen LogP contribution in [0.4, 0.5) is 10.8 Å². The van der Waals surface area contributed by atoms with Crippen LogP contribution in [0.15, 0.2) is 69.5 Å². The Labute approximate surface area is 261 Å². The molecule has 1 unspecified atom stereocenters. The molecule has 0 spiro atoms. The molecule has 10 nitrogen and oxygen atoms in total. The Kier molecular flexibility index (Phi) is 8.87. The predicted octanol–water partition coefficient (Wildman–Crippen LogP) is 6.05. The van der Waals surface area contributed by atoms with Crippen LogP contribution in [0.5, 0.6) is 0 Å². The van der Waals surface area contributed by atoms with E-state index in [1.165, 1.54) is 29.5 Å². The highest BCUT2D eigenvalue weighted by Gasteiger charge is 2.41. The Balaban J connectivity index is 1.39. The van der Waals surface area contributed by atoms with Gasteiger partial charge < -0.3 is 16.2 Å². The Morgan fingerprint density at radius 3 is 2.65 bits per heavy atom. The van der Waals surface area contributed by atoms with Crippen LogP contribution >= 0.6 is 34.7 Å². The van der Waals surface area contributed by atoms with Crippen LogP contribution in [0.2, 0.25) is 5.02 Å². The number of Topliss-reactive ketones (excluding diaryl/α,β-unsaturated/α-hetero) is 1. The number of nitriles is 1. The molecule has 5 rings (SSSR count). The molecule has 1 aliphatic heterocycles. The Morgan fingerprint density at radius 2 is 1.98 bits per heavy atom. The number of amides is 1. The number of nitrogens with two attached hydrogens (primary N) is 1. The first-order valence-corrected chi connectivity index (χ1v) is 15.6. The number of halogens is 1. The summed E-state index contributed by atoms with van der Waals surface area (Å²) >= 11 is 8.24. The molecule has 0 radical (unpaired) electrons. The SMILES string of the molecule is CC(C)c1ccc(C2C(C#N)=C(N)N(c3nnc(SCC(=O)Nc4ccc(Cl)c(C(=O)O)c4)s3)C3=C2C(=O)CCC3)cc1. The molecule has 3 aromatic rings. The summed E-state index contributed by atoms with van der Waals surface area (Å²) < 4.78 is 0.481. The number of hydrogen-bond donors (Lipinski definition) is 3. The van der Waals surface area contributed by atoms with Gasteiger partial charge in [-0.2, -0.15) is 5.26 Å². The number of nitrogens with one attached hydrogen (secondary N) is 1. The fraction of sp³-hybridized carbons (Fsp3) is 0.267. The van der Waals surface area contributed by atoms with Crippen LogP contribution in [0.3, 0.4) is 0 Å². The zero-order valence-corrected chi connectivity index (χ0v) is 25.6. The summed E-state index contributed by atoms with van der Waals surface area (Å²) in [5.74, 6) is -1.63. The number of aromatic carboxylic acids is 1. The summed E-state index contributed by atoms with van der Waals surface area (Å²) in [5.41, 5.74) is 10.4. The quantitative estimate of drug-likeness (QED) is 0.249. The first kappa shape index (κ1) is 30.3. The van der Waals surface area contributed by atoms with E-state index in [0.717, 1.165) is 22.9 Å². The smallest absolute Gasteiger partial charge is 0.337 e. The minimum Gasteiger partial charge on any atom is -0.478 e. The monoisotopic (exact) mass is 634 g/mol. The number of nitrogens with zero attached hydrogens (tertiary/aromatic N) is 4. The van der Waals surface area contributed by atoms with Crippen LogP contribution in [0.1, 0.15) is 66.4 Å². The van der Waals surface area contributed by atoms with Crippen molar-refractivity contribution in [3.8, 4) is 6.07 Å². The van der Waals surface area contributed by atoms with Gasteiger partial charge in [-0.1, -0.05) is 72.8 Å². The number of rotatable bonds is 8. The number of carbonyl (C=O) groups is 3. The zero-order chi connectivity index (χ0) is 30.8. The molecule has 220 valence electrons. The number of carboxylic acid groups (broad SMARTS) is 1. The summed E-state index contributed by atoms with van der Waals surface area (Å²) in [4.78, 5) is 38.9. The van der Waals surface area contributed by atoms with E-state index in [4.69, 9.17) is 17.3 Å². The van der Waals surface area contributed by atoms with Crippen LogP contribution in [0.25, 0.3) is 0 Å². The number of hydrogen-bond acceptors (Lipinski definition) is 10. The van der Waals surface area contributed by atoms with Gasteiger partial charge in [-0.25, -0.2) is 4.79 Å². The maximum atomic E-state index is 13.4. The van der Waals surface area contributed by atoms with Gasteiger partial charge in [-0.15, -0.1) is 10.2 Å². The predicted molar refractivity (Wildman–Crippen MR) is 166 cm³/mol. The highest BCUT2D eigenvalue weighted by Crippen LogP contribution is 2.47. The normalized spacial score (nSPS) is 16.8. The van der Waals surface area contributed by atoms with Gasteiger partial charge in [-0.3, -0.25) is 14.5 Å². The Hall–Kier alpha value is -4.18. The summed E-state index contributed by atoms with van der Waals surface area (Å²) in [6, 6.07) is 14.4. The lowest BCUT2D eigenvalue weighted by Crippen LogP contribution is -2.38. The number of anilines is 2. The lowest BCUT2D eigenvalue weighted by Gasteiger charge is -2.38. The molecule has 2 aliphatic rings. The molecular formula is C30H27ClN6O4S2. The van der Waals surface area contributed by atoms with Crippen molar-refractivity contribution in [2.45, 2.75) is 49.3 Å². The number of ketones is 1. The molecule has 1 atom stereocenters. The summed E-state index contributed by atoms with van der Waals surface area (Å²) in [6.07, 6.45) is 1.63. The lowest BCUT2D eigenvalue weighted by molar-refractivity contribution is -0.116. The van der Waals surface area contributed by atoms with Crippen LogP contribution < -0.4 is 16.0 Å². The lowest BCUT2D eigenvalue weighted by atomic mass is 9.75. The van der Waals surface area contributed by atoms with Crippen molar-refractivity contribution in [1.82, 2.24) is 10.2 Å². The van der Waals surface area contributed by atoms with E-state index < -0.39 is 11.9 Å². The molecule has 0 saturated heterocycles. The van der Waals surface area contributed by atoms with Crippen molar-refractivity contribution >= 4 is 63.2 Å². The average molecular weight is 635 g/mol. The summed E-state index contributed by atoms with van der Waals surface area (Å²) in [5, 5.41) is 31.1. The molecule has 0 fully saturated rings. The molecule has 1 aromatic heterocycles. The van der Waals surface area contributed by atoms with Gasteiger partial charge in [0.05, 0.1) is 33.9 Å². The van der Waals surface area contributed by atoms with Gasteiger partial charge in [0, 0.05) is 23.4 Å². The molecule has 2 aromatic carbocycles. The third kappa shape index (κ3) is 6.15. The fourth-order valence-electron chi connectivity index (χ4n) is 5.15. The zero-order valence-electron chi connectivity index (χ0n) is 23.3. The Bertz CT molecular complexity index is 1720. The van der Waals surface area contributed by atoms with Crippen LogP contribution in [-0.2, 0) is 9.59 Å². The highest BCUT2D eigenvalue weighted by molar-refractivity contribution is 8.01. The second-order valence-electron chi connectivity index (χ2n) is 10.3. The van der Waals surface area contributed by atoms with Crippen molar-refractivity contribution < 1.29 is 19.5 Å². The van der Waals surface area contributed by atoms with Gasteiger partial charge in [0.25, 0.3) is 0 Å². The molecule has 13 heteroatoms. The number of allylic oxidation sites excluding steroid dienone is 3. The maximum absolute atomic E-state index is 13.4.